The highest BCUT2D eigenvalue weighted by molar-refractivity contribution is 7.85. The summed E-state index contributed by atoms with van der Waals surface area (Å²) < 4.78 is 30.9. The van der Waals surface area contributed by atoms with Gasteiger partial charge in [0.15, 0.2) is 0 Å². The number of hydrogen-bond acceptors (Lipinski definition) is 4. The highest BCUT2D eigenvalue weighted by atomic mass is 32.2. The smallest absolute Gasteiger partial charge is 0.294 e. The highest BCUT2D eigenvalue weighted by Crippen LogP contribution is 2.25. The molecule has 2 rings (SSSR count). The van der Waals surface area contributed by atoms with Gasteiger partial charge < -0.3 is 5.43 Å². The second-order valence-corrected chi connectivity index (χ2v) is 4.73. The van der Waals surface area contributed by atoms with Crippen molar-refractivity contribution in [3.8, 4) is 0 Å². The number of hydrazine groups is 1. The predicted octanol–water partition coefficient (Wildman–Crippen LogP) is 1.37. The summed E-state index contributed by atoms with van der Waals surface area (Å²) in [6, 6.07) is 9.67. The first-order valence-electron chi connectivity index (χ1n) is 4.49. The summed E-state index contributed by atoms with van der Waals surface area (Å²) in [5, 5.41) is 1.47. The van der Waals surface area contributed by atoms with E-state index in [4.69, 9.17) is 10.4 Å². The zero-order valence-corrected chi connectivity index (χ0v) is 9.03. The van der Waals surface area contributed by atoms with Crippen molar-refractivity contribution >= 4 is 26.6 Å². The van der Waals surface area contributed by atoms with Crippen molar-refractivity contribution < 1.29 is 13.0 Å². The van der Waals surface area contributed by atoms with Crippen molar-refractivity contribution in [1.29, 1.82) is 0 Å². The van der Waals surface area contributed by atoms with Gasteiger partial charge in [-0.3, -0.25) is 10.4 Å². The van der Waals surface area contributed by atoms with E-state index in [0.717, 1.165) is 5.39 Å². The van der Waals surface area contributed by atoms with Gasteiger partial charge in [-0.05, 0) is 23.6 Å². The van der Waals surface area contributed by atoms with Gasteiger partial charge in [0.1, 0.15) is 0 Å². The number of fused-ring (bicyclic) bond motifs is 1. The Labute approximate surface area is 92.6 Å². The van der Waals surface area contributed by atoms with E-state index in [9.17, 15) is 8.42 Å². The molecule has 0 atom stereocenters. The number of nitrogens with two attached hydrogens (primary N) is 1. The Kier molecular flexibility index (Phi) is 2.55. The molecular formula is C10H10N2O3S. The molecule has 0 aliphatic rings. The summed E-state index contributed by atoms with van der Waals surface area (Å²) in [5.74, 6) is 5.31. The highest BCUT2D eigenvalue weighted by Gasteiger charge is 2.10. The molecule has 0 aliphatic carbocycles. The predicted molar refractivity (Wildman–Crippen MR) is 61.6 cm³/mol. The number of anilines is 1. The van der Waals surface area contributed by atoms with Crippen molar-refractivity contribution in [2.75, 3.05) is 5.43 Å². The van der Waals surface area contributed by atoms with Crippen LogP contribution in [0.25, 0.3) is 10.8 Å². The van der Waals surface area contributed by atoms with Crippen LogP contribution in [0.5, 0.6) is 0 Å². The fourth-order valence-electron chi connectivity index (χ4n) is 1.54. The van der Waals surface area contributed by atoms with Crippen LogP contribution in [-0.2, 0) is 10.1 Å². The Bertz CT molecular complexity index is 638. The quantitative estimate of drug-likeness (QED) is 0.417. The van der Waals surface area contributed by atoms with Crippen LogP contribution in [0.2, 0.25) is 0 Å². The molecule has 0 spiro atoms. The first-order chi connectivity index (χ1) is 7.52. The molecule has 4 N–H and O–H groups in total. The molecule has 16 heavy (non-hydrogen) atoms. The van der Waals surface area contributed by atoms with Crippen molar-refractivity contribution in [2.45, 2.75) is 4.90 Å². The van der Waals surface area contributed by atoms with E-state index in [-0.39, 0.29) is 4.90 Å². The molecule has 0 saturated heterocycles. The van der Waals surface area contributed by atoms with Gasteiger partial charge in [0.2, 0.25) is 0 Å². The van der Waals surface area contributed by atoms with Crippen molar-refractivity contribution in [3.63, 3.8) is 0 Å². The van der Waals surface area contributed by atoms with E-state index in [1.54, 1.807) is 18.2 Å². The SMILES string of the molecule is NNc1cccc2ccc(S(=O)(=O)O)cc12. The van der Waals surface area contributed by atoms with E-state index < -0.39 is 10.1 Å². The standard InChI is InChI=1S/C10H10N2O3S/c11-12-10-3-1-2-7-4-5-8(6-9(7)10)16(13,14)15/h1-6,12H,11H2,(H,13,14,15). The summed E-state index contributed by atoms with van der Waals surface area (Å²) in [6.07, 6.45) is 0. The Hall–Kier alpha value is -1.63. The van der Waals surface area contributed by atoms with Gasteiger partial charge in [-0.1, -0.05) is 18.2 Å². The van der Waals surface area contributed by atoms with Crippen LogP contribution in [-0.4, -0.2) is 13.0 Å². The van der Waals surface area contributed by atoms with Gasteiger partial charge in [0, 0.05) is 5.39 Å². The van der Waals surface area contributed by atoms with Crippen molar-refractivity contribution in [1.82, 2.24) is 0 Å². The Morgan fingerprint density at radius 2 is 1.94 bits per heavy atom. The van der Waals surface area contributed by atoms with Gasteiger partial charge in [-0.2, -0.15) is 8.42 Å². The third kappa shape index (κ3) is 1.85. The molecule has 0 unspecified atom stereocenters. The van der Waals surface area contributed by atoms with E-state index in [1.165, 1.54) is 12.1 Å². The molecule has 2 aromatic carbocycles. The number of rotatable bonds is 2. The summed E-state index contributed by atoms with van der Waals surface area (Å²) in [7, 11) is -4.19. The summed E-state index contributed by atoms with van der Waals surface area (Å²) in [4.78, 5) is -0.150. The van der Waals surface area contributed by atoms with Crippen molar-refractivity contribution in [3.05, 3.63) is 36.4 Å². The molecule has 0 amide bonds. The van der Waals surface area contributed by atoms with Crippen LogP contribution < -0.4 is 11.3 Å². The van der Waals surface area contributed by atoms with E-state index in [2.05, 4.69) is 5.43 Å². The molecule has 0 radical (unpaired) electrons. The largest absolute Gasteiger partial charge is 0.324 e. The number of nitrogen functional groups attached to an aromatic ring is 1. The average Bonchev–Trinajstić information content (AvgIpc) is 2.26. The number of benzene rings is 2. The molecule has 5 nitrogen and oxygen atoms in total. The average molecular weight is 238 g/mol. The molecular weight excluding hydrogens is 228 g/mol. The Morgan fingerprint density at radius 3 is 2.56 bits per heavy atom. The molecule has 0 saturated carbocycles. The number of hydrogen-bond donors (Lipinski definition) is 3. The molecule has 0 bridgehead atoms. The van der Waals surface area contributed by atoms with E-state index >= 15 is 0 Å². The van der Waals surface area contributed by atoms with Gasteiger partial charge in [-0.15, -0.1) is 0 Å². The lowest BCUT2D eigenvalue weighted by Crippen LogP contribution is -2.07. The maximum atomic E-state index is 11.0. The van der Waals surface area contributed by atoms with Gasteiger partial charge in [0.25, 0.3) is 10.1 Å². The van der Waals surface area contributed by atoms with Crippen LogP contribution in [0.1, 0.15) is 0 Å². The monoisotopic (exact) mass is 238 g/mol. The summed E-state index contributed by atoms with van der Waals surface area (Å²) in [6.45, 7) is 0. The minimum atomic E-state index is -4.19. The topological polar surface area (TPSA) is 92.4 Å². The second-order valence-electron chi connectivity index (χ2n) is 3.31. The third-order valence-corrected chi connectivity index (χ3v) is 3.16. The van der Waals surface area contributed by atoms with E-state index in [0.29, 0.717) is 11.1 Å². The molecule has 2 aromatic rings. The minimum absolute atomic E-state index is 0.150. The molecule has 6 heteroatoms. The minimum Gasteiger partial charge on any atom is -0.324 e. The fraction of sp³-hybridized carbons (Fsp3) is 0. The normalized spacial score (nSPS) is 11.6. The lowest BCUT2D eigenvalue weighted by Gasteiger charge is -2.06. The first-order valence-corrected chi connectivity index (χ1v) is 5.93. The first kappa shape index (κ1) is 10.9. The molecule has 0 aromatic heterocycles. The number of nitrogens with one attached hydrogen (secondary N) is 1. The molecule has 0 heterocycles. The van der Waals surface area contributed by atoms with Crippen molar-refractivity contribution in [2.24, 2.45) is 5.84 Å². The Balaban J connectivity index is 2.78. The van der Waals surface area contributed by atoms with Crippen LogP contribution in [0.4, 0.5) is 5.69 Å². The zero-order valence-electron chi connectivity index (χ0n) is 8.21. The maximum absolute atomic E-state index is 11.0. The second kappa shape index (κ2) is 3.75. The fourth-order valence-corrected chi connectivity index (χ4v) is 2.04. The van der Waals surface area contributed by atoms with Crippen LogP contribution in [0.15, 0.2) is 41.3 Å². The zero-order chi connectivity index (χ0) is 11.8. The lowest BCUT2D eigenvalue weighted by molar-refractivity contribution is 0.483. The lowest BCUT2D eigenvalue weighted by atomic mass is 10.1. The maximum Gasteiger partial charge on any atom is 0.294 e. The molecule has 0 aliphatic heterocycles. The summed E-state index contributed by atoms with van der Waals surface area (Å²) in [5.41, 5.74) is 3.07. The summed E-state index contributed by atoms with van der Waals surface area (Å²) >= 11 is 0. The third-order valence-electron chi connectivity index (χ3n) is 2.31. The Morgan fingerprint density at radius 1 is 1.19 bits per heavy atom. The molecule has 84 valence electrons. The van der Waals surface area contributed by atoms with Gasteiger partial charge >= 0.3 is 0 Å². The van der Waals surface area contributed by atoms with Crippen LogP contribution in [0, 0.1) is 0 Å². The van der Waals surface area contributed by atoms with Crippen LogP contribution >= 0.6 is 0 Å². The molecule has 0 fully saturated rings. The van der Waals surface area contributed by atoms with E-state index in [1.807, 2.05) is 6.07 Å². The van der Waals surface area contributed by atoms with Gasteiger partial charge in [0.05, 0.1) is 10.6 Å². The van der Waals surface area contributed by atoms with Gasteiger partial charge in [-0.25, -0.2) is 0 Å². The van der Waals surface area contributed by atoms with Crippen LogP contribution in [0.3, 0.4) is 0 Å².